The quantitative estimate of drug-likeness (QED) is 0.757. The second-order valence-corrected chi connectivity index (χ2v) is 7.05. The molecular weight excluding hydrogens is 222 g/mol. The number of carbonyl (C=O) groups is 1. The van der Waals surface area contributed by atoms with E-state index < -0.39 is 0 Å². The van der Waals surface area contributed by atoms with Crippen LogP contribution in [-0.2, 0) is 4.79 Å². The number of fused-ring (bicyclic) bond motifs is 1. The third-order valence-electron chi connectivity index (χ3n) is 5.50. The molecule has 0 spiro atoms. The maximum Gasteiger partial charge on any atom is 0.161 e. The van der Waals surface area contributed by atoms with E-state index in [2.05, 4.69) is 26.1 Å². The second-order valence-electron chi connectivity index (χ2n) is 7.05. The molecule has 3 aliphatic carbocycles. The van der Waals surface area contributed by atoms with Gasteiger partial charge in [-0.3, -0.25) is 4.79 Å². The fourth-order valence-corrected chi connectivity index (χ4v) is 4.25. The smallest absolute Gasteiger partial charge is 0.161 e. The van der Waals surface area contributed by atoms with E-state index in [1.807, 2.05) is 0 Å². The van der Waals surface area contributed by atoms with Crippen molar-refractivity contribution in [1.82, 2.24) is 5.32 Å². The fraction of sp³-hybridized carbons (Fsp3) is 0.812. The summed E-state index contributed by atoms with van der Waals surface area (Å²) in [6, 6.07) is 0.611. The Bertz CT molecular complexity index is 401. The molecule has 2 heteroatoms. The molecule has 0 aliphatic heterocycles. The van der Waals surface area contributed by atoms with Gasteiger partial charge < -0.3 is 5.32 Å². The van der Waals surface area contributed by atoms with Crippen LogP contribution in [0.2, 0.25) is 0 Å². The Hall–Kier alpha value is -0.790. The molecule has 0 unspecified atom stereocenters. The molecule has 0 radical (unpaired) electrons. The molecular formula is C16H25NO. The van der Waals surface area contributed by atoms with E-state index in [1.165, 1.54) is 37.8 Å². The monoisotopic (exact) mass is 247 g/mol. The highest BCUT2D eigenvalue weighted by molar-refractivity contribution is 6.01. The van der Waals surface area contributed by atoms with Gasteiger partial charge in [0.1, 0.15) is 0 Å². The van der Waals surface area contributed by atoms with Gasteiger partial charge in [0.25, 0.3) is 0 Å². The fourth-order valence-electron chi connectivity index (χ4n) is 4.25. The first-order chi connectivity index (χ1) is 8.51. The van der Waals surface area contributed by atoms with Gasteiger partial charge in [0.2, 0.25) is 0 Å². The molecule has 100 valence electrons. The summed E-state index contributed by atoms with van der Waals surface area (Å²) in [7, 11) is 0. The molecule has 1 N–H and O–H groups in total. The summed E-state index contributed by atoms with van der Waals surface area (Å²) < 4.78 is 0. The third kappa shape index (κ3) is 1.81. The highest BCUT2D eigenvalue weighted by Crippen LogP contribution is 2.68. The minimum Gasteiger partial charge on any atom is -0.386 e. The van der Waals surface area contributed by atoms with Gasteiger partial charge in [0.15, 0.2) is 5.78 Å². The number of hydrogen-bond acceptors (Lipinski definition) is 2. The van der Waals surface area contributed by atoms with Crippen LogP contribution in [-0.4, -0.2) is 11.8 Å². The lowest BCUT2D eigenvalue weighted by atomic mass is 9.93. The van der Waals surface area contributed by atoms with Crippen LogP contribution in [0.15, 0.2) is 11.3 Å². The van der Waals surface area contributed by atoms with Crippen LogP contribution in [0, 0.1) is 17.3 Å². The van der Waals surface area contributed by atoms with Crippen molar-refractivity contribution < 1.29 is 4.79 Å². The summed E-state index contributed by atoms with van der Waals surface area (Å²) >= 11 is 0. The first-order valence-electron chi connectivity index (χ1n) is 7.52. The van der Waals surface area contributed by atoms with Crippen molar-refractivity contribution in [2.45, 2.75) is 65.3 Å². The Balaban J connectivity index is 1.74. The lowest BCUT2D eigenvalue weighted by Gasteiger charge is -2.25. The van der Waals surface area contributed by atoms with Crippen LogP contribution in [0.4, 0.5) is 0 Å². The first-order valence-corrected chi connectivity index (χ1v) is 7.52. The van der Waals surface area contributed by atoms with Gasteiger partial charge in [-0.1, -0.05) is 33.1 Å². The summed E-state index contributed by atoms with van der Waals surface area (Å²) in [5.74, 6) is 1.58. The van der Waals surface area contributed by atoms with Gasteiger partial charge in [-0.25, -0.2) is 0 Å². The second kappa shape index (κ2) is 4.11. The van der Waals surface area contributed by atoms with Gasteiger partial charge >= 0.3 is 0 Å². The van der Waals surface area contributed by atoms with E-state index in [-0.39, 0.29) is 0 Å². The Morgan fingerprint density at radius 3 is 2.50 bits per heavy atom. The Kier molecular flexibility index (Phi) is 2.80. The number of nitrogens with one attached hydrogen (secondary N) is 1. The topological polar surface area (TPSA) is 29.1 Å². The van der Waals surface area contributed by atoms with E-state index in [1.54, 1.807) is 0 Å². The summed E-state index contributed by atoms with van der Waals surface area (Å²) in [6.07, 6.45) is 7.39. The standard InChI is InChI=1S/C16H25NO/c1-10(17-11-7-5-4-6-8-11)14-13(18)9-12-15(14)16(12,2)3/h11-12,15,17H,4-9H2,1-3H3/b14-10-/t12-,15-/m1/s1. The van der Waals surface area contributed by atoms with Gasteiger partial charge in [-0.05, 0) is 37.0 Å². The molecule has 0 bridgehead atoms. The van der Waals surface area contributed by atoms with E-state index in [0.29, 0.717) is 29.1 Å². The average Bonchev–Trinajstić information content (AvgIpc) is 2.71. The van der Waals surface area contributed by atoms with Crippen LogP contribution in [0.1, 0.15) is 59.3 Å². The first kappa shape index (κ1) is 12.3. The van der Waals surface area contributed by atoms with Crippen LogP contribution in [0.3, 0.4) is 0 Å². The summed E-state index contributed by atoms with van der Waals surface area (Å²) in [4.78, 5) is 12.1. The molecule has 3 rings (SSSR count). The number of allylic oxidation sites excluding steroid dienone is 2. The zero-order chi connectivity index (χ0) is 12.9. The molecule has 2 nitrogen and oxygen atoms in total. The zero-order valence-corrected chi connectivity index (χ0v) is 11.9. The Labute approximate surface area is 110 Å². The highest BCUT2D eigenvalue weighted by Gasteiger charge is 2.65. The lowest BCUT2D eigenvalue weighted by molar-refractivity contribution is -0.115. The van der Waals surface area contributed by atoms with E-state index >= 15 is 0 Å². The van der Waals surface area contributed by atoms with Crippen LogP contribution in [0.5, 0.6) is 0 Å². The molecule has 0 amide bonds. The van der Waals surface area contributed by atoms with Crippen molar-refractivity contribution in [2.24, 2.45) is 17.3 Å². The van der Waals surface area contributed by atoms with Gasteiger partial charge in [-0.2, -0.15) is 0 Å². The zero-order valence-electron chi connectivity index (χ0n) is 11.9. The van der Waals surface area contributed by atoms with Gasteiger partial charge in [0, 0.05) is 23.7 Å². The van der Waals surface area contributed by atoms with Gasteiger partial charge in [-0.15, -0.1) is 0 Å². The van der Waals surface area contributed by atoms with Crippen LogP contribution in [0.25, 0.3) is 0 Å². The normalized spacial score (nSPS) is 37.4. The maximum atomic E-state index is 12.1. The molecule has 3 saturated carbocycles. The maximum absolute atomic E-state index is 12.1. The minimum atomic E-state index is 0.374. The molecule has 0 aromatic carbocycles. The van der Waals surface area contributed by atoms with Crippen molar-refractivity contribution in [2.75, 3.05) is 0 Å². The van der Waals surface area contributed by atoms with Crippen molar-refractivity contribution in [3.05, 3.63) is 11.3 Å². The summed E-state index contributed by atoms with van der Waals surface area (Å²) in [6.45, 7) is 6.74. The van der Waals surface area contributed by atoms with Crippen LogP contribution < -0.4 is 5.32 Å². The van der Waals surface area contributed by atoms with Crippen molar-refractivity contribution in [3.8, 4) is 0 Å². The van der Waals surface area contributed by atoms with Crippen LogP contribution >= 0.6 is 0 Å². The van der Waals surface area contributed by atoms with Crippen molar-refractivity contribution >= 4 is 5.78 Å². The Morgan fingerprint density at radius 2 is 1.89 bits per heavy atom. The van der Waals surface area contributed by atoms with E-state index in [9.17, 15) is 4.79 Å². The number of rotatable bonds is 2. The number of carbonyl (C=O) groups excluding carboxylic acids is 1. The third-order valence-corrected chi connectivity index (χ3v) is 5.50. The molecule has 0 saturated heterocycles. The number of Topliss-reactive ketones (excluding diaryl/α,β-unsaturated/α-hetero) is 1. The van der Waals surface area contributed by atoms with E-state index in [0.717, 1.165) is 12.0 Å². The Morgan fingerprint density at radius 1 is 1.22 bits per heavy atom. The SMILES string of the molecule is C/C(NC1CCCCC1)=C1\C(=O)C[C@@H]2[C@H]1C2(C)C. The minimum absolute atomic E-state index is 0.374. The van der Waals surface area contributed by atoms with Gasteiger partial charge in [0.05, 0.1) is 0 Å². The number of ketones is 1. The van der Waals surface area contributed by atoms with E-state index in [4.69, 9.17) is 0 Å². The lowest BCUT2D eigenvalue weighted by Crippen LogP contribution is -2.31. The van der Waals surface area contributed by atoms with Crippen molar-refractivity contribution in [1.29, 1.82) is 0 Å². The average molecular weight is 247 g/mol. The number of hydrogen-bond donors (Lipinski definition) is 1. The molecule has 3 fully saturated rings. The predicted octanol–water partition coefficient (Wildman–Crippen LogP) is 3.43. The highest BCUT2D eigenvalue weighted by atomic mass is 16.1. The molecule has 0 heterocycles. The molecule has 0 aromatic rings. The molecule has 2 atom stereocenters. The molecule has 0 aromatic heterocycles. The summed E-state index contributed by atoms with van der Waals surface area (Å²) in [5, 5.41) is 3.64. The summed E-state index contributed by atoms with van der Waals surface area (Å²) in [5.41, 5.74) is 2.69. The molecule has 3 aliphatic rings. The van der Waals surface area contributed by atoms with Crippen molar-refractivity contribution in [3.63, 3.8) is 0 Å². The largest absolute Gasteiger partial charge is 0.386 e. The molecule has 18 heavy (non-hydrogen) atoms. The predicted molar refractivity (Wildman–Crippen MR) is 73.1 cm³/mol.